The van der Waals surface area contributed by atoms with Gasteiger partial charge in [0, 0.05) is 29.2 Å². The summed E-state index contributed by atoms with van der Waals surface area (Å²) in [5.74, 6) is 0.0639. The van der Waals surface area contributed by atoms with Gasteiger partial charge >= 0.3 is 0 Å². The Balaban J connectivity index is 2.00. The van der Waals surface area contributed by atoms with Gasteiger partial charge in [-0.15, -0.1) is 0 Å². The number of hydrogen-bond donors (Lipinski definition) is 1. The number of nitrogens with zero attached hydrogens (tertiary/aromatic N) is 1. The van der Waals surface area contributed by atoms with Gasteiger partial charge in [0.2, 0.25) is 5.91 Å². The molecule has 0 spiro atoms. The largest absolute Gasteiger partial charge is 0.352 e. The zero-order chi connectivity index (χ0) is 16.3. The van der Waals surface area contributed by atoms with Crippen molar-refractivity contribution < 1.29 is 9.18 Å². The van der Waals surface area contributed by atoms with E-state index in [9.17, 15) is 9.18 Å². The number of hydrogen-bond acceptors (Lipinski definition) is 2. The predicted molar refractivity (Wildman–Crippen MR) is 87.3 cm³/mol. The Morgan fingerprint density at radius 2 is 2.09 bits per heavy atom. The Morgan fingerprint density at radius 3 is 2.64 bits per heavy atom. The third-order valence-corrected chi connectivity index (χ3v) is 4.58. The maximum Gasteiger partial charge on any atom is 0.234 e. The lowest BCUT2D eigenvalue weighted by molar-refractivity contribution is -0.123. The van der Waals surface area contributed by atoms with Gasteiger partial charge in [0.05, 0.1) is 6.54 Å². The second-order valence-corrected chi connectivity index (χ2v) is 6.84. The fourth-order valence-corrected chi connectivity index (χ4v) is 2.51. The van der Waals surface area contributed by atoms with Gasteiger partial charge in [0.25, 0.3) is 0 Å². The third-order valence-electron chi connectivity index (χ3n) is 4.22. The van der Waals surface area contributed by atoms with Gasteiger partial charge in [0.1, 0.15) is 5.82 Å². The summed E-state index contributed by atoms with van der Waals surface area (Å²) < 4.78 is 13.9. The summed E-state index contributed by atoms with van der Waals surface area (Å²) in [6.45, 7) is 6.80. The van der Waals surface area contributed by atoms with Gasteiger partial charge in [-0.05, 0) is 37.8 Å². The number of carbonyl (C=O) groups excluding carboxylic acids is 1. The van der Waals surface area contributed by atoms with Crippen LogP contribution in [0.3, 0.4) is 0 Å². The lowest BCUT2D eigenvalue weighted by Crippen LogP contribution is -2.43. The molecule has 1 aliphatic rings. The van der Waals surface area contributed by atoms with Crippen LogP contribution in [0.25, 0.3) is 0 Å². The molecule has 1 N–H and O–H groups in total. The van der Waals surface area contributed by atoms with Crippen LogP contribution in [0, 0.1) is 11.7 Å². The van der Waals surface area contributed by atoms with Crippen LogP contribution in [0.4, 0.5) is 4.39 Å². The first-order valence-electron chi connectivity index (χ1n) is 7.84. The van der Waals surface area contributed by atoms with Gasteiger partial charge < -0.3 is 5.32 Å². The van der Waals surface area contributed by atoms with Crippen LogP contribution in [0.15, 0.2) is 18.2 Å². The average Bonchev–Trinajstić information content (AvgIpc) is 3.26. The lowest BCUT2D eigenvalue weighted by atomic mass is 10.1. The summed E-state index contributed by atoms with van der Waals surface area (Å²) >= 11 is 6.09. The number of carbonyl (C=O) groups is 1. The zero-order valence-electron chi connectivity index (χ0n) is 13.4. The van der Waals surface area contributed by atoms with E-state index in [1.165, 1.54) is 6.07 Å². The molecular formula is C17H24ClFN2O. The maximum atomic E-state index is 13.9. The van der Waals surface area contributed by atoms with Gasteiger partial charge in [-0.1, -0.05) is 31.5 Å². The summed E-state index contributed by atoms with van der Waals surface area (Å²) in [5, 5.41) is 3.42. The van der Waals surface area contributed by atoms with Crippen LogP contribution in [-0.2, 0) is 11.3 Å². The van der Waals surface area contributed by atoms with Crippen LogP contribution in [0.2, 0.25) is 5.02 Å². The minimum Gasteiger partial charge on any atom is -0.352 e. The molecule has 0 bridgehead atoms. The van der Waals surface area contributed by atoms with E-state index >= 15 is 0 Å². The van der Waals surface area contributed by atoms with Crippen LogP contribution in [0.1, 0.15) is 39.2 Å². The molecule has 0 aliphatic heterocycles. The van der Waals surface area contributed by atoms with Crippen molar-refractivity contribution in [3.05, 3.63) is 34.6 Å². The smallest absolute Gasteiger partial charge is 0.234 e. The van der Waals surface area contributed by atoms with E-state index in [1.807, 2.05) is 11.8 Å². The van der Waals surface area contributed by atoms with Crippen molar-refractivity contribution in [2.75, 3.05) is 6.54 Å². The number of nitrogens with one attached hydrogen (secondary N) is 1. The van der Waals surface area contributed by atoms with Crippen molar-refractivity contribution in [1.82, 2.24) is 10.2 Å². The molecule has 1 aliphatic carbocycles. The van der Waals surface area contributed by atoms with Crippen LogP contribution in [0.5, 0.6) is 0 Å². The Bertz CT molecular complexity index is 511. The highest BCUT2D eigenvalue weighted by Crippen LogP contribution is 2.30. The topological polar surface area (TPSA) is 32.3 Å². The summed E-state index contributed by atoms with van der Waals surface area (Å²) in [6.07, 6.45) is 2.11. The Labute approximate surface area is 136 Å². The summed E-state index contributed by atoms with van der Waals surface area (Å²) in [7, 11) is 0. The molecule has 0 radical (unpaired) electrons. The highest BCUT2D eigenvalue weighted by Gasteiger charge is 2.31. The van der Waals surface area contributed by atoms with Crippen molar-refractivity contribution in [3.63, 3.8) is 0 Å². The van der Waals surface area contributed by atoms with Gasteiger partial charge in [-0.3, -0.25) is 9.69 Å². The van der Waals surface area contributed by atoms with E-state index in [2.05, 4.69) is 19.2 Å². The molecule has 1 saturated carbocycles. The second kappa shape index (κ2) is 7.42. The van der Waals surface area contributed by atoms with Crippen LogP contribution in [-0.4, -0.2) is 29.4 Å². The van der Waals surface area contributed by atoms with Crippen LogP contribution < -0.4 is 5.32 Å². The van der Waals surface area contributed by atoms with E-state index in [0.717, 1.165) is 12.8 Å². The van der Waals surface area contributed by atoms with Crippen molar-refractivity contribution in [2.45, 2.75) is 52.2 Å². The Kier molecular flexibility index (Phi) is 5.81. The molecule has 1 aromatic rings. The van der Waals surface area contributed by atoms with Crippen molar-refractivity contribution in [3.8, 4) is 0 Å². The molecular weight excluding hydrogens is 303 g/mol. The molecule has 0 aromatic heterocycles. The first-order chi connectivity index (χ1) is 10.4. The zero-order valence-corrected chi connectivity index (χ0v) is 14.2. The molecule has 122 valence electrons. The molecule has 0 saturated heterocycles. The number of rotatable bonds is 7. The normalized spacial score (nSPS) is 16.1. The summed E-state index contributed by atoms with van der Waals surface area (Å²) in [6, 6.07) is 5.18. The van der Waals surface area contributed by atoms with Crippen molar-refractivity contribution in [2.24, 2.45) is 5.92 Å². The van der Waals surface area contributed by atoms with E-state index in [0.29, 0.717) is 29.1 Å². The van der Waals surface area contributed by atoms with E-state index < -0.39 is 0 Å². The molecule has 5 heteroatoms. The van der Waals surface area contributed by atoms with Gasteiger partial charge in [-0.2, -0.15) is 0 Å². The number of benzene rings is 1. The third kappa shape index (κ3) is 4.68. The van der Waals surface area contributed by atoms with E-state index in [4.69, 9.17) is 11.6 Å². The molecule has 0 heterocycles. The molecule has 1 aromatic carbocycles. The molecule has 1 unspecified atom stereocenters. The summed E-state index contributed by atoms with van der Waals surface area (Å²) in [4.78, 5) is 14.2. The Hall–Kier alpha value is -1.13. The van der Waals surface area contributed by atoms with Crippen LogP contribution >= 0.6 is 11.6 Å². The monoisotopic (exact) mass is 326 g/mol. The molecule has 1 amide bonds. The first-order valence-corrected chi connectivity index (χ1v) is 8.22. The summed E-state index contributed by atoms with van der Waals surface area (Å²) in [5.41, 5.74) is 0.473. The standard InChI is InChI=1S/C17H24ClFN2O/c1-11(2)12(3)20-17(22)10-21(13-7-8-13)9-14-15(18)5-4-6-16(14)19/h4-6,11-13H,7-10H2,1-3H3,(H,20,22). The maximum absolute atomic E-state index is 13.9. The Morgan fingerprint density at radius 1 is 1.41 bits per heavy atom. The number of halogens is 2. The fraction of sp³-hybridized carbons (Fsp3) is 0.588. The first kappa shape index (κ1) is 17.2. The van der Waals surface area contributed by atoms with Gasteiger partial charge in [0.15, 0.2) is 0 Å². The van der Waals surface area contributed by atoms with Gasteiger partial charge in [-0.25, -0.2) is 4.39 Å². The molecule has 22 heavy (non-hydrogen) atoms. The molecule has 1 atom stereocenters. The SMILES string of the molecule is CC(C)C(C)NC(=O)CN(Cc1c(F)cccc1Cl)C1CC1. The predicted octanol–water partition coefficient (Wildman–Crippen LogP) is 3.60. The minimum absolute atomic E-state index is 0.0134. The van der Waals surface area contributed by atoms with E-state index in [-0.39, 0.29) is 24.3 Å². The lowest BCUT2D eigenvalue weighted by Gasteiger charge is -2.24. The highest BCUT2D eigenvalue weighted by molar-refractivity contribution is 6.31. The average molecular weight is 327 g/mol. The molecule has 3 nitrogen and oxygen atoms in total. The second-order valence-electron chi connectivity index (χ2n) is 6.44. The van der Waals surface area contributed by atoms with Crippen molar-refractivity contribution in [1.29, 1.82) is 0 Å². The highest BCUT2D eigenvalue weighted by atomic mass is 35.5. The van der Waals surface area contributed by atoms with Crippen molar-refractivity contribution >= 4 is 17.5 Å². The van der Waals surface area contributed by atoms with E-state index in [1.54, 1.807) is 12.1 Å². The minimum atomic E-state index is -0.311. The number of amides is 1. The molecule has 1 fully saturated rings. The fourth-order valence-electron chi connectivity index (χ4n) is 2.29. The quantitative estimate of drug-likeness (QED) is 0.830. The molecule has 2 rings (SSSR count).